The van der Waals surface area contributed by atoms with Crippen molar-refractivity contribution in [2.45, 2.75) is 39.2 Å². The van der Waals surface area contributed by atoms with Gasteiger partial charge in [0.2, 0.25) is 0 Å². The number of likely N-dealkylation sites (N-methyl/N-ethyl adjacent to an activating group) is 1. The standard InChI is InChI=1S/C25H35N3O7/c1-25(2,3)35-24(32)28-11-9-19(10-12-28)23(31)34-20-7-5-18(6-8-20)22(30)33-17-21(29)27-15-13-26(4)14-16-27/h5-8,19H,9-17H2,1-4H3. The van der Waals surface area contributed by atoms with Crippen LogP contribution in [-0.2, 0) is 19.1 Å². The highest BCUT2D eigenvalue weighted by atomic mass is 16.6. The van der Waals surface area contributed by atoms with Crippen molar-refractivity contribution in [3.05, 3.63) is 29.8 Å². The molecule has 2 aliphatic rings. The van der Waals surface area contributed by atoms with Crippen LogP contribution in [0.25, 0.3) is 0 Å². The second kappa shape index (κ2) is 11.5. The van der Waals surface area contributed by atoms with Gasteiger partial charge in [-0.05, 0) is 64.9 Å². The van der Waals surface area contributed by atoms with Gasteiger partial charge in [0.1, 0.15) is 11.4 Å². The summed E-state index contributed by atoms with van der Waals surface area (Å²) in [6.07, 6.45) is 0.602. The van der Waals surface area contributed by atoms with Gasteiger partial charge in [0, 0.05) is 39.3 Å². The highest BCUT2D eigenvalue weighted by Crippen LogP contribution is 2.23. The van der Waals surface area contributed by atoms with Gasteiger partial charge >= 0.3 is 18.0 Å². The number of carbonyl (C=O) groups excluding carboxylic acids is 4. The molecule has 10 heteroatoms. The zero-order valence-corrected chi connectivity index (χ0v) is 21.0. The minimum Gasteiger partial charge on any atom is -0.452 e. The highest BCUT2D eigenvalue weighted by molar-refractivity contribution is 5.91. The maximum absolute atomic E-state index is 12.5. The summed E-state index contributed by atoms with van der Waals surface area (Å²) in [5.41, 5.74) is -0.298. The number of piperazine rings is 1. The lowest BCUT2D eigenvalue weighted by Crippen LogP contribution is -2.48. The second-order valence-electron chi connectivity index (χ2n) is 9.95. The molecular formula is C25H35N3O7. The molecule has 0 spiro atoms. The summed E-state index contributed by atoms with van der Waals surface area (Å²) in [6, 6.07) is 6.03. The maximum atomic E-state index is 12.5. The maximum Gasteiger partial charge on any atom is 0.410 e. The zero-order valence-electron chi connectivity index (χ0n) is 21.0. The number of hydrogen-bond acceptors (Lipinski definition) is 8. The van der Waals surface area contributed by atoms with E-state index in [2.05, 4.69) is 4.90 Å². The molecule has 0 atom stereocenters. The summed E-state index contributed by atoms with van der Waals surface area (Å²) >= 11 is 0. The lowest BCUT2D eigenvalue weighted by molar-refractivity contribution is -0.140. The molecule has 2 heterocycles. The number of piperidine rings is 1. The van der Waals surface area contributed by atoms with Crippen LogP contribution < -0.4 is 4.74 Å². The SMILES string of the molecule is CN1CCN(C(=O)COC(=O)c2ccc(OC(=O)C3CCN(C(=O)OC(C)(C)C)CC3)cc2)CC1. The first-order valence-corrected chi connectivity index (χ1v) is 11.9. The first-order chi connectivity index (χ1) is 16.5. The predicted molar refractivity (Wildman–Crippen MR) is 127 cm³/mol. The molecule has 0 saturated carbocycles. The Kier molecular flexibility index (Phi) is 8.71. The summed E-state index contributed by atoms with van der Waals surface area (Å²) < 4.78 is 16.0. The van der Waals surface area contributed by atoms with Crippen LogP contribution >= 0.6 is 0 Å². The third kappa shape index (κ3) is 7.95. The number of hydrogen-bond donors (Lipinski definition) is 0. The molecule has 0 unspecified atom stereocenters. The second-order valence-corrected chi connectivity index (χ2v) is 9.95. The summed E-state index contributed by atoms with van der Waals surface area (Å²) in [7, 11) is 2.00. The van der Waals surface area contributed by atoms with E-state index < -0.39 is 11.6 Å². The molecular weight excluding hydrogens is 454 g/mol. The molecule has 0 aliphatic carbocycles. The molecule has 35 heavy (non-hydrogen) atoms. The number of ether oxygens (including phenoxy) is 3. The van der Waals surface area contributed by atoms with Crippen LogP contribution in [0.5, 0.6) is 5.75 Å². The van der Waals surface area contributed by atoms with Crippen molar-refractivity contribution in [3.8, 4) is 5.75 Å². The molecule has 2 fully saturated rings. The topological polar surface area (TPSA) is 106 Å². The van der Waals surface area contributed by atoms with Crippen LogP contribution in [0.15, 0.2) is 24.3 Å². The molecule has 0 radical (unpaired) electrons. The Balaban J connectivity index is 1.42. The fourth-order valence-corrected chi connectivity index (χ4v) is 3.84. The van der Waals surface area contributed by atoms with Gasteiger partial charge in [0.15, 0.2) is 6.61 Å². The van der Waals surface area contributed by atoms with Crippen LogP contribution in [0.2, 0.25) is 0 Å². The molecule has 2 saturated heterocycles. The average molecular weight is 490 g/mol. The Labute approximate surface area is 206 Å². The molecule has 2 aliphatic heterocycles. The number of benzene rings is 1. The van der Waals surface area contributed by atoms with E-state index in [0.717, 1.165) is 13.1 Å². The molecule has 0 aromatic heterocycles. The lowest BCUT2D eigenvalue weighted by Gasteiger charge is -2.32. The van der Waals surface area contributed by atoms with Crippen molar-refractivity contribution in [1.29, 1.82) is 0 Å². The van der Waals surface area contributed by atoms with E-state index in [9.17, 15) is 19.2 Å². The third-order valence-electron chi connectivity index (χ3n) is 5.97. The van der Waals surface area contributed by atoms with Gasteiger partial charge in [-0.1, -0.05) is 0 Å². The Morgan fingerprint density at radius 2 is 1.49 bits per heavy atom. The van der Waals surface area contributed by atoms with Gasteiger partial charge in [-0.15, -0.1) is 0 Å². The highest BCUT2D eigenvalue weighted by Gasteiger charge is 2.31. The fraction of sp³-hybridized carbons (Fsp3) is 0.600. The molecule has 2 amide bonds. The molecule has 3 rings (SSSR count). The molecule has 10 nitrogen and oxygen atoms in total. The van der Waals surface area contributed by atoms with Crippen molar-refractivity contribution in [3.63, 3.8) is 0 Å². The fourth-order valence-electron chi connectivity index (χ4n) is 3.84. The molecule has 1 aromatic rings. The first kappa shape index (κ1) is 26.5. The van der Waals surface area contributed by atoms with Crippen molar-refractivity contribution in [2.75, 3.05) is 52.9 Å². The first-order valence-electron chi connectivity index (χ1n) is 11.9. The van der Waals surface area contributed by atoms with E-state index in [-0.39, 0.29) is 36.1 Å². The van der Waals surface area contributed by atoms with E-state index in [4.69, 9.17) is 14.2 Å². The smallest absolute Gasteiger partial charge is 0.410 e. The Hall–Kier alpha value is -3.14. The monoisotopic (exact) mass is 489 g/mol. The van der Waals surface area contributed by atoms with Gasteiger partial charge in [-0.3, -0.25) is 9.59 Å². The van der Waals surface area contributed by atoms with Crippen LogP contribution in [0.1, 0.15) is 44.0 Å². The van der Waals surface area contributed by atoms with Crippen molar-refractivity contribution in [2.24, 2.45) is 5.92 Å². The van der Waals surface area contributed by atoms with E-state index in [1.54, 1.807) is 9.80 Å². The number of carbonyl (C=O) groups is 4. The minimum absolute atomic E-state index is 0.213. The van der Waals surface area contributed by atoms with E-state index in [1.165, 1.54) is 24.3 Å². The lowest BCUT2D eigenvalue weighted by atomic mass is 9.97. The summed E-state index contributed by atoms with van der Waals surface area (Å²) in [4.78, 5) is 54.7. The van der Waals surface area contributed by atoms with Crippen molar-refractivity contribution in [1.82, 2.24) is 14.7 Å². The van der Waals surface area contributed by atoms with E-state index in [1.807, 2.05) is 27.8 Å². The van der Waals surface area contributed by atoms with Gasteiger partial charge in [-0.2, -0.15) is 0 Å². The van der Waals surface area contributed by atoms with Gasteiger partial charge in [-0.25, -0.2) is 9.59 Å². The van der Waals surface area contributed by atoms with Crippen molar-refractivity contribution >= 4 is 23.9 Å². The minimum atomic E-state index is -0.611. The van der Waals surface area contributed by atoms with Crippen LogP contribution in [-0.4, -0.2) is 97.2 Å². The van der Waals surface area contributed by atoms with E-state index in [0.29, 0.717) is 44.8 Å². The Bertz CT molecular complexity index is 910. The molecule has 0 bridgehead atoms. The van der Waals surface area contributed by atoms with Crippen molar-refractivity contribution < 1.29 is 33.4 Å². The summed E-state index contributed by atoms with van der Waals surface area (Å²) in [6.45, 7) is 8.81. The van der Waals surface area contributed by atoms with Gasteiger partial charge in [0.05, 0.1) is 11.5 Å². The molecule has 1 aromatic carbocycles. The van der Waals surface area contributed by atoms with E-state index >= 15 is 0 Å². The average Bonchev–Trinajstić information content (AvgIpc) is 2.82. The zero-order chi connectivity index (χ0) is 25.6. The van der Waals surface area contributed by atoms with Crippen LogP contribution in [0, 0.1) is 5.92 Å². The number of amides is 2. The number of esters is 2. The normalized spacial score (nSPS) is 17.6. The van der Waals surface area contributed by atoms with Gasteiger partial charge < -0.3 is 28.9 Å². The van der Waals surface area contributed by atoms with Gasteiger partial charge in [0.25, 0.3) is 5.91 Å². The Morgan fingerprint density at radius 1 is 0.886 bits per heavy atom. The Morgan fingerprint density at radius 3 is 2.06 bits per heavy atom. The molecule has 0 N–H and O–H groups in total. The predicted octanol–water partition coefficient (Wildman–Crippen LogP) is 2.17. The third-order valence-corrected chi connectivity index (χ3v) is 5.97. The number of nitrogens with zero attached hydrogens (tertiary/aromatic N) is 3. The van der Waals surface area contributed by atoms with Crippen LogP contribution in [0.4, 0.5) is 4.79 Å². The quantitative estimate of drug-likeness (QED) is 0.458. The summed E-state index contributed by atoms with van der Waals surface area (Å²) in [5, 5.41) is 0. The summed E-state index contributed by atoms with van der Waals surface area (Å²) in [5.74, 6) is -1.20. The molecule has 192 valence electrons. The largest absolute Gasteiger partial charge is 0.452 e. The van der Waals surface area contributed by atoms with Crippen LogP contribution in [0.3, 0.4) is 0 Å². The number of rotatable bonds is 5. The number of likely N-dealkylation sites (tertiary alicyclic amines) is 1.